The maximum absolute atomic E-state index is 12.5. The topological polar surface area (TPSA) is 81.8 Å². The average molecular weight is 406 g/mol. The Bertz CT molecular complexity index is 957. The maximum Gasteiger partial charge on any atom is 0.257 e. The summed E-state index contributed by atoms with van der Waals surface area (Å²) in [6.45, 7) is 3.28. The largest absolute Gasteiger partial charge is 0.362 e. The van der Waals surface area contributed by atoms with Crippen LogP contribution in [0.4, 0.5) is 11.4 Å². The molecule has 1 fully saturated rings. The van der Waals surface area contributed by atoms with Crippen molar-refractivity contribution in [3.05, 3.63) is 59.7 Å². The van der Waals surface area contributed by atoms with E-state index in [-0.39, 0.29) is 30.7 Å². The van der Waals surface area contributed by atoms with E-state index in [1.54, 1.807) is 4.90 Å². The van der Waals surface area contributed by atoms with Crippen molar-refractivity contribution in [2.75, 3.05) is 29.4 Å². The van der Waals surface area contributed by atoms with E-state index >= 15 is 0 Å². The molecule has 3 amide bonds. The lowest BCUT2D eigenvalue weighted by atomic mass is 10.0. The Morgan fingerprint density at radius 3 is 2.63 bits per heavy atom. The zero-order valence-corrected chi connectivity index (χ0v) is 17.1. The van der Waals surface area contributed by atoms with Gasteiger partial charge in [-0.05, 0) is 43.5 Å². The van der Waals surface area contributed by atoms with Gasteiger partial charge in [0.25, 0.3) is 5.91 Å². The third-order valence-corrected chi connectivity index (χ3v) is 5.71. The second kappa shape index (κ2) is 8.57. The van der Waals surface area contributed by atoms with Gasteiger partial charge in [-0.1, -0.05) is 35.9 Å². The van der Waals surface area contributed by atoms with E-state index in [2.05, 4.69) is 16.9 Å². The molecule has 0 spiro atoms. The number of fused-ring (bicyclic) bond motifs is 1. The van der Waals surface area contributed by atoms with Crippen LogP contribution in [0, 0.1) is 12.8 Å². The van der Waals surface area contributed by atoms with Crippen LogP contribution in [0.2, 0.25) is 0 Å². The van der Waals surface area contributed by atoms with Crippen LogP contribution in [0.15, 0.2) is 48.5 Å². The van der Waals surface area contributed by atoms with E-state index in [0.29, 0.717) is 6.54 Å². The lowest BCUT2D eigenvalue weighted by Gasteiger charge is -2.30. The molecule has 2 aromatic carbocycles. The molecule has 0 bridgehead atoms. The summed E-state index contributed by atoms with van der Waals surface area (Å²) in [7, 11) is 0. The summed E-state index contributed by atoms with van der Waals surface area (Å²) in [6, 6.07) is 15.7. The first-order chi connectivity index (χ1) is 14.5. The van der Waals surface area contributed by atoms with Gasteiger partial charge >= 0.3 is 0 Å². The Morgan fingerprint density at radius 2 is 1.83 bits per heavy atom. The number of anilines is 2. The highest BCUT2D eigenvalue weighted by Gasteiger charge is 2.35. The van der Waals surface area contributed by atoms with E-state index in [0.717, 1.165) is 36.3 Å². The van der Waals surface area contributed by atoms with Gasteiger partial charge in [0.2, 0.25) is 11.8 Å². The number of carbonyl (C=O) groups is 3. The molecule has 0 unspecified atom stereocenters. The van der Waals surface area contributed by atoms with Crippen molar-refractivity contribution in [3.8, 4) is 0 Å². The SMILES string of the molecule is Cc1ccc(N2C[C@H](C(=O)NNC(=O)CN3CCCc4ccccc43)CC2=O)cc1. The summed E-state index contributed by atoms with van der Waals surface area (Å²) in [5.41, 5.74) is 9.20. The summed E-state index contributed by atoms with van der Waals surface area (Å²) >= 11 is 0. The van der Waals surface area contributed by atoms with E-state index < -0.39 is 5.92 Å². The number of rotatable bonds is 4. The Morgan fingerprint density at radius 1 is 1.07 bits per heavy atom. The number of carbonyl (C=O) groups excluding carboxylic acids is 3. The molecule has 2 N–H and O–H groups in total. The van der Waals surface area contributed by atoms with Gasteiger partial charge in [0.1, 0.15) is 0 Å². The van der Waals surface area contributed by atoms with Crippen LogP contribution in [-0.2, 0) is 20.8 Å². The standard InChI is InChI=1S/C23H26N4O3/c1-16-8-10-19(11-9-16)27-14-18(13-22(27)29)23(30)25-24-21(28)15-26-12-4-6-17-5-2-3-7-20(17)26/h2-3,5,7-11,18H,4,6,12-15H2,1H3,(H,24,28)(H,25,30)/t18-/m1/s1. The highest BCUT2D eigenvalue weighted by atomic mass is 16.2. The third kappa shape index (κ3) is 4.30. The summed E-state index contributed by atoms with van der Waals surface area (Å²) in [4.78, 5) is 40.9. The highest BCUT2D eigenvalue weighted by molar-refractivity contribution is 6.00. The van der Waals surface area contributed by atoms with Gasteiger partial charge < -0.3 is 9.80 Å². The van der Waals surface area contributed by atoms with E-state index in [9.17, 15) is 14.4 Å². The first kappa shape index (κ1) is 19.9. The first-order valence-electron chi connectivity index (χ1n) is 10.3. The van der Waals surface area contributed by atoms with Crippen molar-refractivity contribution >= 4 is 29.1 Å². The smallest absolute Gasteiger partial charge is 0.257 e. The Balaban J connectivity index is 1.29. The van der Waals surface area contributed by atoms with E-state index in [4.69, 9.17) is 0 Å². The minimum absolute atomic E-state index is 0.0877. The number of hydrazine groups is 1. The van der Waals surface area contributed by atoms with Gasteiger partial charge in [0, 0.05) is 30.9 Å². The molecule has 0 saturated carbocycles. The predicted molar refractivity (Wildman–Crippen MR) is 115 cm³/mol. The molecule has 2 aliphatic heterocycles. The molecule has 2 aromatic rings. The van der Waals surface area contributed by atoms with Crippen molar-refractivity contribution in [3.63, 3.8) is 0 Å². The van der Waals surface area contributed by atoms with Gasteiger partial charge in [-0.3, -0.25) is 25.2 Å². The second-order valence-electron chi connectivity index (χ2n) is 7.93. The van der Waals surface area contributed by atoms with Crippen molar-refractivity contribution in [2.45, 2.75) is 26.2 Å². The fraction of sp³-hybridized carbons (Fsp3) is 0.348. The minimum Gasteiger partial charge on any atom is -0.362 e. The molecule has 0 aliphatic carbocycles. The van der Waals surface area contributed by atoms with Crippen molar-refractivity contribution in [1.82, 2.24) is 10.9 Å². The molecular formula is C23H26N4O3. The van der Waals surface area contributed by atoms with Gasteiger partial charge in [0.15, 0.2) is 0 Å². The zero-order valence-electron chi connectivity index (χ0n) is 17.1. The Kier molecular flexibility index (Phi) is 5.70. The van der Waals surface area contributed by atoms with Crippen LogP contribution in [0.3, 0.4) is 0 Å². The predicted octanol–water partition coefficient (Wildman–Crippen LogP) is 1.95. The van der Waals surface area contributed by atoms with Crippen molar-refractivity contribution in [1.29, 1.82) is 0 Å². The molecular weight excluding hydrogens is 380 g/mol. The van der Waals surface area contributed by atoms with Crippen molar-refractivity contribution < 1.29 is 14.4 Å². The van der Waals surface area contributed by atoms with E-state index in [1.165, 1.54) is 5.56 Å². The van der Waals surface area contributed by atoms with Crippen LogP contribution >= 0.6 is 0 Å². The molecule has 7 nitrogen and oxygen atoms in total. The van der Waals surface area contributed by atoms with E-state index in [1.807, 2.05) is 54.3 Å². The number of benzene rings is 2. The Hall–Kier alpha value is -3.35. The van der Waals surface area contributed by atoms with Crippen LogP contribution in [-0.4, -0.2) is 37.4 Å². The number of para-hydroxylation sites is 1. The number of nitrogens with one attached hydrogen (secondary N) is 2. The fourth-order valence-electron chi connectivity index (χ4n) is 4.08. The second-order valence-corrected chi connectivity index (χ2v) is 7.93. The molecule has 30 heavy (non-hydrogen) atoms. The van der Waals surface area contributed by atoms with Gasteiger partial charge in [-0.25, -0.2) is 0 Å². The van der Waals surface area contributed by atoms with Crippen LogP contribution in [0.25, 0.3) is 0 Å². The van der Waals surface area contributed by atoms with Crippen LogP contribution in [0.5, 0.6) is 0 Å². The zero-order chi connectivity index (χ0) is 21.1. The monoisotopic (exact) mass is 406 g/mol. The minimum atomic E-state index is -0.491. The lowest BCUT2D eigenvalue weighted by molar-refractivity contribution is -0.130. The molecule has 0 radical (unpaired) electrons. The average Bonchev–Trinajstić information content (AvgIpc) is 3.14. The van der Waals surface area contributed by atoms with Crippen LogP contribution in [0.1, 0.15) is 24.0 Å². The summed E-state index contributed by atoms with van der Waals surface area (Å²) in [6.07, 6.45) is 2.14. The molecule has 4 rings (SSSR count). The fourth-order valence-corrected chi connectivity index (χ4v) is 4.08. The molecule has 7 heteroatoms. The molecule has 2 heterocycles. The number of hydrogen-bond acceptors (Lipinski definition) is 4. The number of hydrogen-bond donors (Lipinski definition) is 2. The molecule has 156 valence electrons. The lowest BCUT2D eigenvalue weighted by Crippen LogP contribution is -2.49. The van der Waals surface area contributed by atoms with Gasteiger partial charge in [-0.2, -0.15) is 0 Å². The first-order valence-corrected chi connectivity index (χ1v) is 10.3. The van der Waals surface area contributed by atoms with Crippen molar-refractivity contribution in [2.24, 2.45) is 5.92 Å². The third-order valence-electron chi connectivity index (χ3n) is 5.71. The normalized spacial score (nSPS) is 18.2. The summed E-state index contributed by atoms with van der Waals surface area (Å²) in [5, 5.41) is 0. The number of aryl methyl sites for hydroxylation is 2. The highest BCUT2D eigenvalue weighted by Crippen LogP contribution is 2.27. The molecule has 2 aliphatic rings. The summed E-state index contributed by atoms with van der Waals surface area (Å²) in [5.74, 6) is -1.20. The van der Waals surface area contributed by atoms with Gasteiger partial charge in [0.05, 0.1) is 12.5 Å². The molecule has 0 aromatic heterocycles. The molecule has 1 saturated heterocycles. The Labute approximate surface area is 176 Å². The quantitative estimate of drug-likeness (QED) is 0.761. The number of nitrogens with zero attached hydrogens (tertiary/aromatic N) is 2. The maximum atomic E-state index is 12.5. The number of amides is 3. The molecule has 1 atom stereocenters. The van der Waals surface area contributed by atoms with Crippen LogP contribution < -0.4 is 20.7 Å². The summed E-state index contributed by atoms with van der Waals surface area (Å²) < 4.78 is 0. The van der Waals surface area contributed by atoms with Gasteiger partial charge in [-0.15, -0.1) is 0 Å².